The second-order valence-electron chi connectivity index (χ2n) is 6.20. The topological polar surface area (TPSA) is 100 Å². The van der Waals surface area contributed by atoms with E-state index in [2.05, 4.69) is 15.4 Å². The van der Waals surface area contributed by atoms with E-state index >= 15 is 0 Å². The van der Waals surface area contributed by atoms with E-state index in [1.807, 2.05) is 38.1 Å². The first kappa shape index (κ1) is 16.8. The standard InChI is InChI=1S/C18H20N4O3/c1-11(2)22-8-7-15(21-22)17(23)20-16(18(24)25)9-12-10-19-14-6-4-3-5-13(12)14/h3-8,10-11,16,19H,9H2,1-2H3,(H,20,23)(H,24,25). The number of hydrogen-bond acceptors (Lipinski definition) is 3. The molecular formula is C18H20N4O3. The van der Waals surface area contributed by atoms with Crippen LogP contribution in [0.2, 0.25) is 0 Å². The SMILES string of the molecule is CC(C)n1ccc(C(=O)NC(Cc2c[nH]c3ccccc23)C(=O)O)n1. The third-order valence-electron chi connectivity index (χ3n) is 4.07. The fourth-order valence-electron chi connectivity index (χ4n) is 2.70. The average molecular weight is 340 g/mol. The van der Waals surface area contributed by atoms with Gasteiger partial charge in [0.2, 0.25) is 0 Å². The van der Waals surface area contributed by atoms with Crippen molar-refractivity contribution in [2.75, 3.05) is 0 Å². The van der Waals surface area contributed by atoms with Gasteiger partial charge in [-0.1, -0.05) is 18.2 Å². The first-order chi connectivity index (χ1) is 12.0. The molecule has 0 saturated carbocycles. The second-order valence-corrected chi connectivity index (χ2v) is 6.20. The molecule has 7 nitrogen and oxygen atoms in total. The second kappa shape index (κ2) is 6.80. The number of rotatable bonds is 6. The lowest BCUT2D eigenvalue weighted by Gasteiger charge is -2.13. The summed E-state index contributed by atoms with van der Waals surface area (Å²) in [4.78, 5) is 27.0. The maximum Gasteiger partial charge on any atom is 0.326 e. The Morgan fingerprint density at radius 2 is 2.04 bits per heavy atom. The summed E-state index contributed by atoms with van der Waals surface area (Å²) in [5.41, 5.74) is 1.98. The zero-order valence-electron chi connectivity index (χ0n) is 14.1. The average Bonchev–Trinajstić information content (AvgIpc) is 3.21. The molecule has 1 amide bonds. The normalized spacial score (nSPS) is 12.4. The van der Waals surface area contributed by atoms with Crippen LogP contribution in [0.25, 0.3) is 10.9 Å². The minimum absolute atomic E-state index is 0.128. The van der Waals surface area contributed by atoms with Crippen LogP contribution >= 0.6 is 0 Å². The molecule has 3 aromatic rings. The number of aromatic nitrogens is 3. The highest BCUT2D eigenvalue weighted by Gasteiger charge is 2.23. The summed E-state index contributed by atoms with van der Waals surface area (Å²) in [5.74, 6) is -1.58. The Morgan fingerprint density at radius 3 is 2.72 bits per heavy atom. The molecule has 0 radical (unpaired) electrons. The van der Waals surface area contributed by atoms with E-state index in [0.29, 0.717) is 0 Å². The van der Waals surface area contributed by atoms with Crippen molar-refractivity contribution in [3.8, 4) is 0 Å². The van der Waals surface area contributed by atoms with Crippen molar-refractivity contribution in [3.05, 3.63) is 54.0 Å². The van der Waals surface area contributed by atoms with Gasteiger partial charge in [0.1, 0.15) is 11.7 Å². The van der Waals surface area contributed by atoms with Crippen molar-refractivity contribution in [2.45, 2.75) is 32.4 Å². The summed E-state index contributed by atoms with van der Waals surface area (Å²) in [6.07, 6.45) is 3.67. The number of fused-ring (bicyclic) bond motifs is 1. The van der Waals surface area contributed by atoms with Gasteiger partial charge in [-0.15, -0.1) is 0 Å². The van der Waals surface area contributed by atoms with Crippen LogP contribution in [0.5, 0.6) is 0 Å². The van der Waals surface area contributed by atoms with Gasteiger partial charge in [0.05, 0.1) is 0 Å². The molecule has 7 heteroatoms. The smallest absolute Gasteiger partial charge is 0.326 e. The van der Waals surface area contributed by atoms with Gasteiger partial charge in [-0.2, -0.15) is 5.10 Å². The van der Waals surface area contributed by atoms with E-state index in [9.17, 15) is 14.7 Å². The Balaban J connectivity index is 1.77. The number of carboxylic acid groups (broad SMARTS) is 1. The number of nitrogens with one attached hydrogen (secondary N) is 2. The highest BCUT2D eigenvalue weighted by molar-refractivity contribution is 5.95. The van der Waals surface area contributed by atoms with E-state index in [1.165, 1.54) is 0 Å². The van der Waals surface area contributed by atoms with Gasteiger partial charge in [0, 0.05) is 35.8 Å². The number of benzene rings is 1. The van der Waals surface area contributed by atoms with Gasteiger partial charge in [-0.3, -0.25) is 9.48 Å². The van der Waals surface area contributed by atoms with Gasteiger partial charge in [0.15, 0.2) is 0 Å². The van der Waals surface area contributed by atoms with Gasteiger partial charge in [0.25, 0.3) is 5.91 Å². The molecular weight excluding hydrogens is 320 g/mol. The monoisotopic (exact) mass is 340 g/mol. The molecule has 25 heavy (non-hydrogen) atoms. The number of H-pyrrole nitrogens is 1. The van der Waals surface area contributed by atoms with Crippen molar-refractivity contribution in [3.63, 3.8) is 0 Å². The third kappa shape index (κ3) is 3.55. The molecule has 0 saturated heterocycles. The summed E-state index contributed by atoms with van der Waals surface area (Å²) in [7, 11) is 0. The van der Waals surface area contributed by atoms with E-state index < -0.39 is 17.9 Å². The molecule has 1 atom stereocenters. The Labute approximate surface area is 144 Å². The maximum atomic E-state index is 12.3. The van der Waals surface area contributed by atoms with Crippen LogP contribution < -0.4 is 5.32 Å². The van der Waals surface area contributed by atoms with Crippen molar-refractivity contribution >= 4 is 22.8 Å². The van der Waals surface area contributed by atoms with E-state index in [1.54, 1.807) is 23.1 Å². The Morgan fingerprint density at radius 1 is 1.28 bits per heavy atom. The zero-order valence-corrected chi connectivity index (χ0v) is 14.1. The number of nitrogens with zero attached hydrogens (tertiary/aromatic N) is 2. The molecule has 130 valence electrons. The zero-order chi connectivity index (χ0) is 18.0. The predicted octanol–water partition coefficient (Wildman–Crippen LogP) is 2.37. The Bertz CT molecular complexity index is 910. The number of carbonyl (C=O) groups excluding carboxylic acids is 1. The molecule has 2 aromatic heterocycles. The maximum absolute atomic E-state index is 12.3. The fraction of sp³-hybridized carbons (Fsp3) is 0.278. The molecule has 0 aliphatic heterocycles. The summed E-state index contributed by atoms with van der Waals surface area (Å²) in [6, 6.07) is 8.33. The third-order valence-corrected chi connectivity index (χ3v) is 4.07. The molecule has 3 N–H and O–H groups in total. The lowest BCUT2D eigenvalue weighted by molar-refractivity contribution is -0.139. The van der Waals surface area contributed by atoms with Crippen LogP contribution in [0.1, 0.15) is 35.9 Å². The number of aromatic amines is 1. The van der Waals surface area contributed by atoms with E-state index in [0.717, 1.165) is 16.5 Å². The summed E-state index contributed by atoms with van der Waals surface area (Å²) in [6.45, 7) is 3.90. The highest BCUT2D eigenvalue weighted by Crippen LogP contribution is 2.19. The van der Waals surface area contributed by atoms with Crippen molar-refractivity contribution in [1.29, 1.82) is 0 Å². The van der Waals surface area contributed by atoms with E-state index in [4.69, 9.17) is 0 Å². The minimum Gasteiger partial charge on any atom is -0.480 e. The number of aliphatic carboxylic acids is 1. The summed E-state index contributed by atoms with van der Waals surface area (Å²) in [5, 5.41) is 17.2. The van der Waals surface area contributed by atoms with Gasteiger partial charge < -0.3 is 15.4 Å². The number of hydrogen-bond donors (Lipinski definition) is 3. The Hall–Kier alpha value is -3.09. The van der Waals surface area contributed by atoms with Crippen LogP contribution in [0, 0.1) is 0 Å². The summed E-state index contributed by atoms with van der Waals surface area (Å²) >= 11 is 0. The number of para-hydroxylation sites is 1. The number of carboxylic acids is 1. The largest absolute Gasteiger partial charge is 0.480 e. The van der Waals surface area contributed by atoms with Crippen LogP contribution in [0.3, 0.4) is 0 Å². The van der Waals surface area contributed by atoms with Crippen LogP contribution in [0.15, 0.2) is 42.7 Å². The van der Waals surface area contributed by atoms with Crippen molar-refractivity contribution < 1.29 is 14.7 Å². The van der Waals surface area contributed by atoms with E-state index in [-0.39, 0.29) is 18.2 Å². The first-order valence-corrected chi connectivity index (χ1v) is 8.09. The summed E-state index contributed by atoms with van der Waals surface area (Å²) < 4.78 is 1.66. The van der Waals surface area contributed by atoms with Gasteiger partial charge in [-0.05, 0) is 31.5 Å². The molecule has 0 aliphatic rings. The molecule has 3 rings (SSSR count). The number of carbonyl (C=O) groups is 2. The highest BCUT2D eigenvalue weighted by atomic mass is 16.4. The van der Waals surface area contributed by atoms with Crippen LogP contribution in [0.4, 0.5) is 0 Å². The lowest BCUT2D eigenvalue weighted by Crippen LogP contribution is -2.42. The molecule has 1 aromatic carbocycles. The molecule has 1 unspecified atom stereocenters. The molecule has 0 aliphatic carbocycles. The quantitative estimate of drug-likeness (QED) is 0.641. The van der Waals surface area contributed by atoms with Crippen LogP contribution in [-0.2, 0) is 11.2 Å². The Kier molecular flexibility index (Phi) is 4.56. The lowest BCUT2D eigenvalue weighted by atomic mass is 10.0. The predicted molar refractivity (Wildman–Crippen MR) is 93.5 cm³/mol. The van der Waals surface area contributed by atoms with Gasteiger partial charge in [-0.25, -0.2) is 4.79 Å². The van der Waals surface area contributed by atoms with Crippen molar-refractivity contribution in [1.82, 2.24) is 20.1 Å². The van der Waals surface area contributed by atoms with Crippen LogP contribution in [-0.4, -0.2) is 37.8 Å². The minimum atomic E-state index is -1.08. The number of amides is 1. The van der Waals surface area contributed by atoms with Gasteiger partial charge >= 0.3 is 5.97 Å². The molecule has 2 heterocycles. The van der Waals surface area contributed by atoms with Crippen molar-refractivity contribution in [2.24, 2.45) is 0 Å². The fourth-order valence-corrected chi connectivity index (χ4v) is 2.70. The molecule has 0 fully saturated rings. The first-order valence-electron chi connectivity index (χ1n) is 8.09. The molecule has 0 bridgehead atoms. The molecule has 0 spiro atoms.